The maximum atomic E-state index is 10.2. The molecule has 144 valence electrons. The average Bonchev–Trinajstić information content (AvgIpc) is 2.62. The van der Waals surface area contributed by atoms with E-state index in [0.717, 1.165) is 12.2 Å². The van der Waals surface area contributed by atoms with Crippen molar-refractivity contribution >= 4 is 30.1 Å². The summed E-state index contributed by atoms with van der Waals surface area (Å²) in [5, 5.41) is 20.2. The van der Waals surface area contributed by atoms with E-state index in [1.54, 1.807) is 11.8 Å². The standard InChI is InChI=1S/C13H25N3O5S.CH4.ClH/c14-13(15)16-3-1-6-22-7-8-11-9(17)10(18)12(21-8)20-5-2-4-19-11;;/h8-12,17-18H,1-7H2,(H4,14,15,16);1H4;1H. The summed E-state index contributed by atoms with van der Waals surface area (Å²) in [6, 6.07) is 0. The van der Waals surface area contributed by atoms with Gasteiger partial charge in [-0.2, -0.15) is 11.8 Å². The van der Waals surface area contributed by atoms with Crippen molar-refractivity contribution in [2.75, 3.05) is 31.3 Å². The molecule has 0 aliphatic carbocycles. The summed E-state index contributed by atoms with van der Waals surface area (Å²) >= 11 is 1.67. The van der Waals surface area contributed by atoms with Crippen LogP contribution in [0.5, 0.6) is 0 Å². The molecule has 3 rings (SSSR count). The van der Waals surface area contributed by atoms with Crippen LogP contribution in [0.15, 0.2) is 4.99 Å². The molecule has 3 aliphatic rings. The topological polar surface area (TPSA) is 133 Å². The highest BCUT2D eigenvalue weighted by Crippen LogP contribution is 2.28. The van der Waals surface area contributed by atoms with Crippen molar-refractivity contribution in [2.45, 2.75) is 51.0 Å². The van der Waals surface area contributed by atoms with Gasteiger partial charge in [0, 0.05) is 18.9 Å². The molecule has 0 aromatic heterocycles. The first-order chi connectivity index (χ1) is 10.6. The summed E-state index contributed by atoms with van der Waals surface area (Å²) in [4.78, 5) is 3.92. The summed E-state index contributed by atoms with van der Waals surface area (Å²) in [6.45, 7) is 1.52. The number of nitrogens with zero attached hydrogens (tertiary/aromatic N) is 1. The van der Waals surface area contributed by atoms with E-state index in [1.165, 1.54) is 0 Å². The SMILES string of the molecule is C.Cl.NC(N)=NCCCSCC1OC2OCCCOC1C(O)C2O. The molecule has 0 saturated carbocycles. The minimum absolute atomic E-state index is 0. The Balaban J connectivity index is 0.00000264. The van der Waals surface area contributed by atoms with E-state index in [-0.39, 0.29) is 31.9 Å². The zero-order valence-corrected chi connectivity index (χ0v) is 14.5. The molecule has 6 N–H and O–H groups in total. The molecule has 3 aliphatic heterocycles. The highest BCUT2D eigenvalue weighted by molar-refractivity contribution is 7.99. The Hall–Kier alpha value is -0.290. The van der Waals surface area contributed by atoms with Crippen LogP contribution in [-0.4, -0.2) is 78.1 Å². The normalized spacial score (nSPS) is 32.5. The first-order valence-electron chi connectivity index (χ1n) is 7.47. The minimum atomic E-state index is -1.08. The van der Waals surface area contributed by atoms with E-state index in [2.05, 4.69) is 4.99 Å². The summed E-state index contributed by atoms with van der Waals surface area (Å²) in [5.41, 5.74) is 10.5. The monoisotopic (exact) mass is 387 g/mol. The van der Waals surface area contributed by atoms with Gasteiger partial charge in [-0.1, -0.05) is 7.43 Å². The smallest absolute Gasteiger partial charge is 0.186 e. The fourth-order valence-corrected chi connectivity index (χ4v) is 3.44. The van der Waals surface area contributed by atoms with Crippen LogP contribution >= 0.6 is 24.2 Å². The van der Waals surface area contributed by atoms with Crippen LogP contribution < -0.4 is 11.5 Å². The lowest BCUT2D eigenvalue weighted by Gasteiger charge is -2.41. The van der Waals surface area contributed by atoms with Gasteiger partial charge in [0.1, 0.15) is 18.3 Å². The fourth-order valence-electron chi connectivity index (χ4n) is 2.44. The average molecular weight is 388 g/mol. The first-order valence-corrected chi connectivity index (χ1v) is 8.63. The highest BCUT2D eigenvalue weighted by atomic mass is 35.5. The van der Waals surface area contributed by atoms with E-state index < -0.39 is 24.6 Å². The van der Waals surface area contributed by atoms with Gasteiger partial charge in [0.2, 0.25) is 0 Å². The molecule has 0 aromatic rings. The molecule has 0 spiro atoms. The van der Waals surface area contributed by atoms with Gasteiger partial charge in [0.15, 0.2) is 12.2 Å². The molecule has 0 aromatic carbocycles. The third-order valence-corrected chi connectivity index (χ3v) is 4.69. The third-order valence-electron chi connectivity index (χ3n) is 3.55. The van der Waals surface area contributed by atoms with Gasteiger partial charge >= 0.3 is 0 Å². The van der Waals surface area contributed by atoms with Crippen LogP contribution in [0.3, 0.4) is 0 Å². The summed E-state index contributed by atoms with van der Waals surface area (Å²) in [5.74, 6) is 1.62. The molecule has 3 saturated heterocycles. The van der Waals surface area contributed by atoms with E-state index in [9.17, 15) is 10.2 Å². The molecular weight excluding hydrogens is 358 g/mol. The molecule has 5 unspecified atom stereocenters. The summed E-state index contributed by atoms with van der Waals surface area (Å²) in [6.07, 6.45) is -2.14. The van der Waals surface area contributed by atoms with Crippen molar-refractivity contribution in [3.8, 4) is 0 Å². The number of hydrogen-bond donors (Lipinski definition) is 4. The Morgan fingerprint density at radius 2 is 1.88 bits per heavy atom. The lowest BCUT2D eigenvalue weighted by atomic mass is 10.00. The zero-order valence-electron chi connectivity index (χ0n) is 12.9. The number of aliphatic hydroxyl groups is 2. The second-order valence-corrected chi connectivity index (χ2v) is 6.47. The van der Waals surface area contributed by atoms with Crippen LogP contribution in [0.2, 0.25) is 0 Å². The van der Waals surface area contributed by atoms with Crippen LogP contribution in [0, 0.1) is 0 Å². The van der Waals surface area contributed by atoms with Gasteiger partial charge in [0.25, 0.3) is 0 Å². The van der Waals surface area contributed by atoms with Gasteiger partial charge in [0.05, 0.1) is 12.7 Å². The fraction of sp³-hybridized carbons (Fsp3) is 0.929. The van der Waals surface area contributed by atoms with Crippen molar-refractivity contribution in [3.05, 3.63) is 0 Å². The van der Waals surface area contributed by atoms with Crippen molar-refractivity contribution < 1.29 is 24.4 Å². The highest BCUT2D eigenvalue weighted by Gasteiger charge is 2.46. The Bertz CT molecular complexity index is 374. The van der Waals surface area contributed by atoms with Gasteiger partial charge in [-0.15, -0.1) is 12.4 Å². The number of aliphatic hydroxyl groups excluding tert-OH is 2. The number of thioether (sulfide) groups is 1. The van der Waals surface area contributed by atoms with Gasteiger partial charge in [-0.3, -0.25) is 4.99 Å². The molecular formula is C14H30ClN3O5S. The number of guanidine groups is 1. The molecule has 0 radical (unpaired) electrons. The largest absolute Gasteiger partial charge is 0.387 e. The number of halogens is 1. The van der Waals surface area contributed by atoms with Crippen LogP contribution in [0.4, 0.5) is 0 Å². The second kappa shape index (κ2) is 12.1. The maximum absolute atomic E-state index is 10.2. The molecule has 3 heterocycles. The lowest BCUT2D eigenvalue weighted by Crippen LogP contribution is -2.59. The maximum Gasteiger partial charge on any atom is 0.186 e. The number of aliphatic imine (C=N–C) groups is 1. The number of hydrogen-bond acceptors (Lipinski definition) is 7. The Morgan fingerprint density at radius 3 is 2.58 bits per heavy atom. The van der Waals surface area contributed by atoms with E-state index in [1.807, 2.05) is 0 Å². The minimum Gasteiger partial charge on any atom is -0.387 e. The lowest BCUT2D eigenvalue weighted by molar-refractivity contribution is -0.289. The van der Waals surface area contributed by atoms with Gasteiger partial charge < -0.3 is 35.9 Å². The van der Waals surface area contributed by atoms with Crippen molar-refractivity contribution in [1.29, 1.82) is 0 Å². The Morgan fingerprint density at radius 1 is 1.17 bits per heavy atom. The van der Waals surface area contributed by atoms with Crippen LogP contribution in [0.25, 0.3) is 0 Å². The molecule has 5 atom stereocenters. The zero-order chi connectivity index (χ0) is 15.9. The molecule has 0 amide bonds. The molecule has 8 nitrogen and oxygen atoms in total. The van der Waals surface area contributed by atoms with E-state index in [4.69, 9.17) is 25.7 Å². The molecule has 24 heavy (non-hydrogen) atoms. The molecule has 3 fully saturated rings. The summed E-state index contributed by atoms with van der Waals surface area (Å²) in [7, 11) is 0. The summed E-state index contributed by atoms with van der Waals surface area (Å²) < 4.78 is 16.9. The third kappa shape index (κ3) is 6.91. The number of ether oxygens (including phenoxy) is 3. The Labute approximate surface area is 153 Å². The second-order valence-electron chi connectivity index (χ2n) is 5.32. The van der Waals surface area contributed by atoms with Gasteiger partial charge in [-0.25, -0.2) is 0 Å². The van der Waals surface area contributed by atoms with Crippen molar-refractivity contribution in [2.24, 2.45) is 16.5 Å². The molecule has 2 bridgehead atoms. The predicted molar refractivity (Wildman–Crippen MR) is 97.6 cm³/mol. The number of nitrogens with two attached hydrogens (primary N) is 2. The van der Waals surface area contributed by atoms with Crippen molar-refractivity contribution in [3.63, 3.8) is 0 Å². The van der Waals surface area contributed by atoms with Crippen LogP contribution in [-0.2, 0) is 14.2 Å². The Kier molecular flexibility index (Phi) is 12.0. The predicted octanol–water partition coefficient (Wildman–Crippen LogP) is -0.307. The molecule has 10 heteroatoms. The van der Waals surface area contributed by atoms with Crippen LogP contribution in [0.1, 0.15) is 20.3 Å². The first kappa shape index (κ1) is 23.7. The van der Waals surface area contributed by atoms with Gasteiger partial charge in [-0.05, 0) is 18.6 Å². The quantitative estimate of drug-likeness (QED) is 0.277. The van der Waals surface area contributed by atoms with E-state index >= 15 is 0 Å². The number of rotatable bonds is 6. The van der Waals surface area contributed by atoms with E-state index in [0.29, 0.717) is 31.9 Å². The number of fused-ring (bicyclic) bond motifs is 6. The van der Waals surface area contributed by atoms with Crippen molar-refractivity contribution in [1.82, 2.24) is 0 Å².